The van der Waals surface area contributed by atoms with E-state index in [2.05, 4.69) is 15.5 Å². The molecule has 1 aliphatic heterocycles. The van der Waals surface area contributed by atoms with E-state index in [1.807, 2.05) is 18.7 Å². The second-order valence-electron chi connectivity index (χ2n) is 5.62. The van der Waals surface area contributed by atoms with Gasteiger partial charge in [0.25, 0.3) is 5.91 Å². The normalized spacial score (nSPS) is 19.0. The fourth-order valence-electron chi connectivity index (χ4n) is 2.87. The Balaban J connectivity index is 1.78. The van der Waals surface area contributed by atoms with Gasteiger partial charge in [0, 0.05) is 30.1 Å². The molecule has 2 aromatic rings. The fraction of sp³-hybridized carbons (Fsp3) is 0.533. The van der Waals surface area contributed by atoms with Gasteiger partial charge in [-0.2, -0.15) is 0 Å². The Morgan fingerprint density at radius 2 is 2.24 bits per heavy atom. The van der Waals surface area contributed by atoms with Crippen molar-refractivity contribution in [1.82, 2.24) is 15.0 Å². The minimum Gasteiger partial charge on any atom is -0.361 e. The van der Waals surface area contributed by atoms with E-state index in [1.54, 1.807) is 18.3 Å². The minimum absolute atomic E-state index is 0.0317. The molecule has 2 aromatic heterocycles. The zero-order valence-corrected chi connectivity index (χ0v) is 13.4. The van der Waals surface area contributed by atoms with Crippen molar-refractivity contribution < 1.29 is 9.32 Å². The topological polar surface area (TPSA) is 59.2 Å². The largest absolute Gasteiger partial charge is 0.361 e. The summed E-state index contributed by atoms with van der Waals surface area (Å²) in [5.74, 6) is 0.982. The smallest absolute Gasteiger partial charge is 0.259 e. The van der Waals surface area contributed by atoms with Crippen LogP contribution in [-0.4, -0.2) is 34.0 Å². The van der Waals surface area contributed by atoms with Gasteiger partial charge in [-0.1, -0.05) is 5.16 Å². The Bertz CT molecular complexity index is 642. The SMILES string of the molecule is Cc1csc([C@H]2CCCN(C(=O)c3c(C)noc3C)C2)n1. The highest BCUT2D eigenvalue weighted by molar-refractivity contribution is 7.09. The Morgan fingerprint density at radius 1 is 1.43 bits per heavy atom. The van der Waals surface area contributed by atoms with Crippen LogP contribution in [-0.2, 0) is 0 Å². The standard InChI is InChI=1S/C15H19N3O2S/c1-9-8-21-14(16-9)12-5-4-6-18(7-12)15(19)13-10(2)17-20-11(13)3/h8,12H,4-7H2,1-3H3/t12-/m0/s1. The molecule has 6 heteroatoms. The molecule has 5 nitrogen and oxygen atoms in total. The molecule has 3 heterocycles. The monoisotopic (exact) mass is 305 g/mol. The van der Waals surface area contributed by atoms with Crippen molar-refractivity contribution in [1.29, 1.82) is 0 Å². The molecule has 3 rings (SSSR count). The molecular weight excluding hydrogens is 286 g/mol. The number of piperidine rings is 1. The van der Waals surface area contributed by atoms with Crippen molar-refractivity contribution in [2.75, 3.05) is 13.1 Å². The third-order valence-electron chi connectivity index (χ3n) is 3.94. The summed E-state index contributed by atoms with van der Waals surface area (Å²) in [6.07, 6.45) is 2.11. The molecule has 0 unspecified atom stereocenters. The van der Waals surface area contributed by atoms with Crippen LogP contribution in [0.4, 0.5) is 0 Å². The van der Waals surface area contributed by atoms with Crippen molar-refractivity contribution in [3.05, 3.63) is 33.1 Å². The van der Waals surface area contributed by atoms with Gasteiger partial charge < -0.3 is 9.42 Å². The molecule has 21 heavy (non-hydrogen) atoms. The van der Waals surface area contributed by atoms with Crippen LogP contribution in [0.5, 0.6) is 0 Å². The zero-order valence-electron chi connectivity index (χ0n) is 12.5. The lowest BCUT2D eigenvalue weighted by Crippen LogP contribution is -2.39. The minimum atomic E-state index is 0.0317. The van der Waals surface area contributed by atoms with Gasteiger partial charge >= 0.3 is 0 Å². The zero-order chi connectivity index (χ0) is 15.0. The number of hydrogen-bond donors (Lipinski definition) is 0. The number of aryl methyl sites for hydroxylation is 3. The van der Waals surface area contributed by atoms with Crippen LogP contribution in [0.2, 0.25) is 0 Å². The van der Waals surface area contributed by atoms with Gasteiger partial charge in [-0.25, -0.2) is 4.98 Å². The van der Waals surface area contributed by atoms with E-state index in [0.29, 0.717) is 22.9 Å². The lowest BCUT2D eigenvalue weighted by molar-refractivity contribution is 0.0704. The second-order valence-corrected chi connectivity index (χ2v) is 6.51. The molecular formula is C15H19N3O2S. The molecule has 1 atom stereocenters. The van der Waals surface area contributed by atoms with Gasteiger partial charge in [0.05, 0.1) is 10.7 Å². The van der Waals surface area contributed by atoms with E-state index >= 15 is 0 Å². The highest BCUT2D eigenvalue weighted by Crippen LogP contribution is 2.30. The Hall–Kier alpha value is -1.69. The third kappa shape index (κ3) is 2.72. The molecule has 1 aliphatic rings. The number of rotatable bonds is 2. The summed E-state index contributed by atoms with van der Waals surface area (Å²) in [7, 11) is 0. The van der Waals surface area contributed by atoms with Crippen LogP contribution in [0.15, 0.2) is 9.90 Å². The molecule has 0 spiro atoms. The maximum atomic E-state index is 12.7. The summed E-state index contributed by atoms with van der Waals surface area (Å²) in [6, 6.07) is 0. The van der Waals surface area contributed by atoms with Crippen molar-refractivity contribution in [3.8, 4) is 0 Å². The first-order chi connectivity index (χ1) is 10.1. The van der Waals surface area contributed by atoms with Gasteiger partial charge in [0.2, 0.25) is 0 Å². The summed E-state index contributed by atoms with van der Waals surface area (Å²) >= 11 is 1.69. The van der Waals surface area contributed by atoms with Crippen molar-refractivity contribution in [2.24, 2.45) is 0 Å². The maximum absolute atomic E-state index is 12.7. The lowest BCUT2D eigenvalue weighted by Gasteiger charge is -2.31. The number of carbonyl (C=O) groups is 1. The van der Waals surface area contributed by atoms with Crippen molar-refractivity contribution in [2.45, 2.75) is 39.5 Å². The first-order valence-corrected chi connectivity index (χ1v) is 8.08. The average molecular weight is 305 g/mol. The number of amides is 1. The first-order valence-electron chi connectivity index (χ1n) is 7.20. The van der Waals surface area contributed by atoms with E-state index in [4.69, 9.17) is 4.52 Å². The first kappa shape index (κ1) is 14.3. The molecule has 1 saturated heterocycles. The van der Waals surface area contributed by atoms with Gasteiger partial charge in [0.15, 0.2) is 0 Å². The van der Waals surface area contributed by atoms with Gasteiger partial charge in [-0.05, 0) is 33.6 Å². The Kier molecular flexibility index (Phi) is 3.80. The van der Waals surface area contributed by atoms with E-state index < -0.39 is 0 Å². The Labute approximate surface area is 128 Å². The van der Waals surface area contributed by atoms with Gasteiger partial charge in [0.1, 0.15) is 11.3 Å². The highest BCUT2D eigenvalue weighted by atomic mass is 32.1. The van der Waals surface area contributed by atoms with Crippen LogP contribution in [0.3, 0.4) is 0 Å². The number of thiazole rings is 1. The summed E-state index contributed by atoms with van der Waals surface area (Å²) in [6.45, 7) is 7.14. The number of nitrogens with zero attached hydrogens (tertiary/aromatic N) is 3. The summed E-state index contributed by atoms with van der Waals surface area (Å²) in [5, 5.41) is 7.10. The molecule has 1 amide bonds. The van der Waals surface area contributed by atoms with Gasteiger partial charge in [-0.15, -0.1) is 11.3 Å². The van der Waals surface area contributed by atoms with Crippen LogP contribution >= 0.6 is 11.3 Å². The lowest BCUT2D eigenvalue weighted by atomic mass is 9.98. The maximum Gasteiger partial charge on any atom is 0.259 e. The van der Waals surface area contributed by atoms with Crippen molar-refractivity contribution >= 4 is 17.2 Å². The van der Waals surface area contributed by atoms with E-state index in [1.165, 1.54) is 0 Å². The number of likely N-dealkylation sites (tertiary alicyclic amines) is 1. The molecule has 0 radical (unpaired) electrons. The molecule has 0 bridgehead atoms. The Morgan fingerprint density at radius 3 is 2.86 bits per heavy atom. The molecule has 1 fully saturated rings. The van der Waals surface area contributed by atoms with Crippen molar-refractivity contribution in [3.63, 3.8) is 0 Å². The predicted molar refractivity (Wildman–Crippen MR) is 80.7 cm³/mol. The molecule has 0 saturated carbocycles. The molecule has 0 aromatic carbocycles. The highest BCUT2D eigenvalue weighted by Gasteiger charge is 2.29. The van der Waals surface area contributed by atoms with Crippen LogP contribution in [0.1, 0.15) is 51.3 Å². The molecule has 112 valence electrons. The van der Waals surface area contributed by atoms with E-state index in [-0.39, 0.29) is 5.91 Å². The quantitative estimate of drug-likeness (QED) is 0.855. The van der Waals surface area contributed by atoms with Crippen LogP contribution < -0.4 is 0 Å². The number of aromatic nitrogens is 2. The van der Waals surface area contributed by atoms with Crippen LogP contribution in [0, 0.1) is 20.8 Å². The summed E-state index contributed by atoms with van der Waals surface area (Å²) < 4.78 is 5.11. The number of carbonyl (C=O) groups excluding carboxylic acids is 1. The predicted octanol–water partition coefficient (Wildman–Crippen LogP) is 3.08. The summed E-state index contributed by atoms with van der Waals surface area (Å²) in [4.78, 5) is 19.2. The van der Waals surface area contributed by atoms with E-state index in [0.717, 1.165) is 36.6 Å². The molecule has 0 aliphatic carbocycles. The van der Waals surface area contributed by atoms with E-state index in [9.17, 15) is 4.79 Å². The van der Waals surface area contributed by atoms with Gasteiger partial charge in [-0.3, -0.25) is 4.79 Å². The second kappa shape index (κ2) is 5.60. The number of hydrogen-bond acceptors (Lipinski definition) is 5. The average Bonchev–Trinajstić information content (AvgIpc) is 3.05. The van der Waals surface area contributed by atoms with Crippen LogP contribution in [0.25, 0.3) is 0 Å². The summed E-state index contributed by atoms with van der Waals surface area (Å²) in [5.41, 5.74) is 2.35. The molecule has 0 N–H and O–H groups in total. The third-order valence-corrected chi connectivity index (χ3v) is 5.07. The fourth-order valence-corrected chi connectivity index (χ4v) is 3.79.